The van der Waals surface area contributed by atoms with Crippen molar-refractivity contribution < 1.29 is 0 Å². The minimum Gasteiger partial charge on any atom is -0.271 e. The normalized spacial score (nSPS) is 25.3. The number of nitrogens with two attached hydrogens (primary N) is 1. The summed E-state index contributed by atoms with van der Waals surface area (Å²) < 4.78 is 1.09. The third-order valence-electron chi connectivity index (χ3n) is 4.42. The van der Waals surface area contributed by atoms with Gasteiger partial charge in [-0.25, -0.2) is 0 Å². The largest absolute Gasteiger partial charge is 0.271 e. The molecule has 1 aliphatic rings. The van der Waals surface area contributed by atoms with E-state index >= 15 is 0 Å². The Morgan fingerprint density at radius 1 is 1.37 bits per heavy atom. The van der Waals surface area contributed by atoms with Crippen LogP contribution in [0, 0.1) is 15.4 Å². The standard InChI is InChI=1S/C15H22ClIN2/c1-2-10-3-5-11(6-4-10)15(19-18)12-7-8-14(17)13(16)9-12/h7-11,15,19H,2-6,18H2,1H3. The van der Waals surface area contributed by atoms with Crippen molar-refractivity contribution >= 4 is 34.2 Å². The van der Waals surface area contributed by atoms with Gasteiger partial charge in [0.25, 0.3) is 0 Å². The van der Waals surface area contributed by atoms with Gasteiger partial charge in [-0.15, -0.1) is 0 Å². The molecule has 0 amide bonds. The van der Waals surface area contributed by atoms with Crippen LogP contribution in [0.15, 0.2) is 18.2 Å². The second-order valence-corrected chi connectivity index (χ2v) is 7.08. The lowest BCUT2D eigenvalue weighted by molar-refractivity contribution is 0.219. The van der Waals surface area contributed by atoms with E-state index in [0.29, 0.717) is 5.92 Å². The summed E-state index contributed by atoms with van der Waals surface area (Å²) in [7, 11) is 0. The van der Waals surface area contributed by atoms with Crippen LogP contribution in [0.4, 0.5) is 0 Å². The van der Waals surface area contributed by atoms with Gasteiger partial charge < -0.3 is 0 Å². The lowest BCUT2D eigenvalue weighted by Gasteiger charge is -2.33. The minimum atomic E-state index is 0.229. The Kier molecular flexibility index (Phi) is 5.93. The monoisotopic (exact) mass is 392 g/mol. The average Bonchev–Trinajstić information content (AvgIpc) is 2.44. The summed E-state index contributed by atoms with van der Waals surface area (Å²) in [6.07, 6.45) is 6.49. The number of nitrogens with one attached hydrogen (secondary N) is 1. The van der Waals surface area contributed by atoms with Gasteiger partial charge in [-0.3, -0.25) is 11.3 Å². The molecule has 0 aromatic heterocycles. The van der Waals surface area contributed by atoms with Crippen LogP contribution in [-0.2, 0) is 0 Å². The third kappa shape index (κ3) is 3.84. The highest BCUT2D eigenvalue weighted by atomic mass is 127. The zero-order chi connectivity index (χ0) is 13.8. The summed E-state index contributed by atoms with van der Waals surface area (Å²) in [5, 5.41) is 0.820. The van der Waals surface area contributed by atoms with Crippen LogP contribution in [0.25, 0.3) is 0 Å². The molecule has 19 heavy (non-hydrogen) atoms. The summed E-state index contributed by atoms with van der Waals surface area (Å²) in [5.74, 6) is 7.34. The van der Waals surface area contributed by atoms with Crippen molar-refractivity contribution in [3.8, 4) is 0 Å². The first-order chi connectivity index (χ1) is 9.15. The van der Waals surface area contributed by atoms with Gasteiger partial charge in [0.05, 0.1) is 5.02 Å². The van der Waals surface area contributed by atoms with Crippen molar-refractivity contribution in [2.75, 3.05) is 0 Å². The molecule has 1 aliphatic carbocycles. The molecule has 1 unspecified atom stereocenters. The summed E-state index contributed by atoms with van der Waals surface area (Å²) in [6.45, 7) is 2.29. The van der Waals surface area contributed by atoms with Gasteiger partial charge in [0.1, 0.15) is 0 Å². The van der Waals surface area contributed by atoms with Crippen LogP contribution in [0.3, 0.4) is 0 Å². The fourth-order valence-electron chi connectivity index (χ4n) is 3.14. The van der Waals surface area contributed by atoms with E-state index in [1.165, 1.54) is 37.7 Å². The van der Waals surface area contributed by atoms with E-state index < -0.39 is 0 Å². The lowest BCUT2D eigenvalue weighted by Crippen LogP contribution is -2.35. The number of hydrogen-bond acceptors (Lipinski definition) is 2. The first kappa shape index (κ1) is 15.5. The highest BCUT2D eigenvalue weighted by molar-refractivity contribution is 14.1. The molecule has 1 aromatic carbocycles. The van der Waals surface area contributed by atoms with E-state index in [9.17, 15) is 0 Å². The number of halogens is 2. The Morgan fingerprint density at radius 2 is 2.05 bits per heavy atom. The van der Waals surface area contributed by atoms with Crippen LogP contribution in [0.5, 0.6) is 0 Å². The Hall–Kier alpha value is 0.160. The first-order valence-corrected chi connectivity index (χ1v) is 8.52. The Labute approximate surface area is 134 Å². The van der Waals surface area contributed by atoms with Gasteiger partial charge in [0.2, 0.25) is 0 Å². The fraction of sp³-hybridized carbons (Fsp3) is 0.600. The summed E-state index contributed by atoms with van der Waals surface area (Å²) in [5.41, 5.74) is 4.22. The predicted molar refractivity (Wildman–Crippen MR) is 90.0 cm³/mol. The van der Waals surface area contributed by atoms with Crippen molar-refractivity contribution in [1.29, 1.82) is 0 Å². The van der Waals surface area contributed by atoms with Gasteiger partial charge >= 0.3 is 0 Å². The predicted octanol–water partition coefficient (Wildman–Crippen LogP) is 4.67. The highest BCUT2D eigenvalue weighted by Crippen LogP contribution is 2.38. The number of hydrogen-bond donors (Lipinski definition) is 2. The average molecular weight is 393 g/mol. The molecule has 1 atom stereocenters. The first-order valence-electron chi connectivity index (χ1n) is 7.06. The molecule has 4 heteroatoms. The molecule has 0 radical (unpaired) electrons. The molecule has 0 spiro atoms. The maximum Gasteiger partial charge on any atom is 0.0542 e. The molecule has 0 heterocycles. The second kappa shape index (κ2) is 7.25. The smallest absolute Gasteiger partial charge is 0.0542 e. The van der Waals surface area contributed by atoms with Crippen molar-refractivity contribution in [2.24, 2.45) is 17.7 Å². The SMILES string of the molecule is CCC1CCC(C(NN)c2ccc(I)c(Cl)c2)CC1. The van der Waals surface area contributed by atoms with Gasteiger partial charge in [-0.1, -0.05) is 43.9 Å². The van der Waals surface area contributed by atoms with E-state index in [1.807, 2.05) is 0 Å². The number of rotatable bonds is 4. The van der Waals surface area contributed by atoms with Crippen LogP contribution in [-0.4, -0.2) is 0 Å². The van der Waals surface area contributed by atoms with E-state index in [2.05, 4.69) is 53.1 Å². The molecule has 1 fully saturated rings. The Bertz CT molecular complexity index is 417. The summed E-state index contributed by atoms with van der Waals surface area (Å²) >= 11 is 8.48. The van der Waals surface area contributed by atoms with E-state index in [-0.39, 0.29) is 6.04 Å². The van der Waals surface area contributed by atoms with E-state index in [4.69, 9.17) is 17.4 Å². The molecule has 0 bridgehead atoms. The second-order valence-electron chi connectivity index (χ2n) is 5.51. The van der Waals surface area contributed by atoms with Gasteiger partial charge in [-0.05, 0) is 65.0 Å². The maximum absolute atomic E-state index is 6.22. The molecule has 1 saturated carbocycles. The zero-order valence-electron chi connectivity index (χ0n) is 11.3. The van der Waals surface area contributed by atoms with Crippen molar-refractivity contribution in [3.63, 3.8) is 0 Å². The molecule has 0 saturated heterocycles. The third-order valence-corrected chi connectivity index (χ3v) is 5.99. The van der Waals surface area contributed by atoms with Crippen molar-refractivity contribution in [1.82, 2.24) is 5.43 Å². The summed E-state index contributed by atoms with van der Waals surface area (Å²) in [4.78, 5) is 0. The Morgan fingerprint density at radius 3 is 2.58 bits per heavy atom. The molecule has 106 valence electrons. The molecule has 2 nitrogen and oxygen atoms in total. The highest BCUT2D eigenvalue weighted by Gasteiger charge is 2.27. The summed E-state index contributed by atoms with van der Waals surface area (Å²) in [6, 6.07) is 6.50. The molecular formula is C15H22ClIN2. The lowest BCUT2D eigenvalue weighted by atomic mass is 9.76. The fourth-order valence-corrected chi connectivity index (χ4v) is 3.66. The molecular weight excluding hydrogens is 371 g/mol. The quantitative estimate of drug-likeness (QED) is 0.444. The van der Waals surface area contributed by atoms with E-state index in [1.54, 1.807) is 0 Å². The van der Waals surface area contributed by atoms with Crippen LogP contribution >= 0.6 is 34.2 Å². The van der Waals surface area contributed by atoms with Crippen molar-refractivity contribution in [2.45, 2.75) is 45.1 Å². The maximum atomic E-state index is 6.22. The molecule has 3 N–H and O–H groups in total. The van der Waals surface area contributed by atoms with Crippen molar-refractivity contribution in [3.05, 3.63) is 32.4 Å². The van der Waals surface area contributed by atoms with Crippen LogP contribution in [0.1, 0.15) is 50.6 Å². The number of benzene rings is 1. The molecule has 0 aliphatic heterocycles. The van der Waals surface area contributed by atoms with Gasteiger partial charge in [-0.2, -0.15) is 0 Å². The van der Waals surface area contributed by atoms with Crippen LogP contribution in [0.2, 0.25) is 5.02 Å². The minimum absolute atomic E-state index is 0.229. The van der Waals surface area contributed by atoms with E-state index in [0.717, 1.165) is 14.5 Å². The number of hydrazine groups is 1. The topological polar surface area (TPSA) is 38.0 Å². The zero-order valence-corrected chi connectivity index (χ0v) is 14.2. The molecule has 1 aromatic rings. The van der Waals surface area contributed by atoms with Gasteiger partial charge in [0.15, 0.2) is 0 Å². The molecule has 2 rings (SSSR count). The van der Waals surface area contributed by atoms with Gasteiger partial charge in [0, 0.05) is 9.61 Å². The Balaban J connectivity index is 2.09. The van der Waals surface area contributed by atoms with Crippen LogP contribution < -0.4 is 11.3 Å².